The summed E-state index contributed by atoms with van der Waals surface area (Å²) in [4.78, 5) is 2.40. The van der Waals surface area contributed by atoms with Gasteiger partial charge in [-0.25, -0.2) is 0 Å². The zero-order valence-electron chi connectivity index (χ0n) is 12.6. The van der Waals surface area contributed by atoms with Crippen molar-refractivity contribution < 1.29 is 4.21 Å². The second-order valence-electron chi connectivity index (χ2n) is 5.97. The number of hydrogen-bond donors (Lipinski definition) is 1. The summed E-state index contributed by atoms with van der Waals surface area (Å²) in [6.45, 7) is 9.35. The zero-order valence-corrected chi connectivity index (χ0v) is 13.4. The van der Waals surface area contributed by atoms with E-state index in [1.54, 1.807) is 0 Å². The van der Waals surface area contributed by atoms with Crippen LogP contribution in [0.1, 0.15) is 25.0 Å². The normalized spacial score (nSPS) is 17.8. The highest BCUT2D eigenvalue weighted by molar-refractivity contribution is 7.85. The third kappa shape index (κ3) is 5.35. The van der Waals surface area contributed by atoms with Crippen molar-refractivity contribution in [2.75, 3.05) is 31.1 Å². The van der Waals surface area contributed by atoms with Gasteiger partial charge in [-0.1, -0.05) is 38.1 Å². The predicted molar refractivity (Wildman–Crippen MR) is 86.1 cm³/mol. The SMILES string of the molecule is CC(C)CNCc1cccc(CN2CCS(=O)CC2)c1. The fourth-order valence-electron chi connectivity index (χ4n) is 2.44. The van der Waals surface area contributed by atoms with Crippen molar-refractivity contribution in [2.45, 2.75) is 26.9 Å². The maximum atomic E-state index is 11.4. The molecule has 1 aliphatic heterocycles. The fourth-order valence-corrected chi connectivity index (χ4v) is 3.56. The van der Waals surface area contributed by atoms with E-state index in [1.807, 2.05) is 0 Å². The largest absolute Gasteiger partial charge is 0.312 e. The Balaban J connectivity index is 1.84. The molecule has 1 aliphatic rings. The van der Waals surface area contributed by atoms with E-state index in [0.717, 1.165) is 44.2 Å². The quantitative estimate of drug-likeness (QED) is 0.871. The van der Waals surface area contributed by atoms with Crippen LogP contribution in [0.3, 0.4) is 0 Å². The van der Waals surface area contributed by atoms with Crippen LogP contribution < -0.4 is 5.32 Å². The Hall–Kier alpha value is -0.710. The molecule has 1 N–H and O–H groups in total. The third-order valence-electron chi connectivity index (χ3n) is 3.55. The van der Waals surface area contributed by atoms with E-state index in [2.05, 4.69) is 48.3 Å². The molecule has 1 aromatic rings. The van der Waals surface area contributed by atoms with Gasteiger partial charge in [0.1, 0.15) is 0 Å². The summed E-state index contributed by atoms with van der Waals surface area (Å²) in [5.41, 5.74) is 2.71. The van der Waals surface area contributed by atoms with Crippen LogP contribution in [0.4, 0.5) is 0 Å². The lowest BCUT2D eigenvalue weighted by atomic mass is 10.1. The molecular formula is C16H26N2OS. The van der Waals surface area contributed by atoms with Crippen molar-refractivity contribution in [1.29, 1.82) is 0 Å². The number of hydrogen-bond acceptors (Lipinski definition) is 3. The lowest BCUT2D eigenvalue weighted by Crippen LogP contribution is -2.37. The first-order chi connectivity index (χ1) is 9.63. The molecule has 0 amide bonds. The van der Waals surface area contributed by atoms with Gasteiger partial charge in [-0.15, -0.1) is 0 Å². The molecule has 1 saturated heterocycles. The van der Waals surface area contributed by atoms with Crippen LogP contribution in [-0.2, 0) is 23.9 Å². The van der Waals surface area contributed by atoms with Gasteiger partial charge in [-0.3, -0.25) is 9.11 Å². The molecule has 3 nitrogen and oxygen atoms in total. The van der Waals surface area contributed by atoms with Crippen molar-refractivity contribution in [3.05, 3.63) is 35.4 Å². The molecule has 0 spiro atoms. The number of nitrogens with zero attached hydrogens (tertiary/aromatic N) is 1. The maximum absolute atomic E-state index is 11.4. The summed E-state index contributed by atoms with van der Waals surface area (Å²) in [5, 5.41) is 3.48. The van der Waals surface area contributed by atoms with E-state index < -0.39 is 10.8 Å². The lowest BCUT2D eigenvalue weighted by molar-refractivity contribution is 0.291. The Kier molecular flexibility index (Phi) is 6.20. The number of nitrogens with one attached hydrogen (secondary N) is 1. The summed E-state index contributed by atoms with van der Waals surface area (Å²) in [6.07, 6.45) is 0. The maximum Gasteiger partial charge on any atom is 0.0363 e. The molecule has 0 aliphatic carbocycles. The Morgan fingerprint density at radius 2 is 1.95 bits per heavy atom. The van der Waals surface area contributed by atoms with Gasteiger partial charge >= 0.3 is 0 Å². The Bertz CT molecular complexity index is 438. The van der Waals surface area contributed by atoms with Crippen molar-refractivity contribution >= 4 is 10.8 Å². The average molecular weight is 294 g/mol. The van der Waals surface area contributed by atoms with Crippen LogP contribution in [0.15, 0.2) is 24.3 Å². The highest BCUT2D eigenvalue weighted by atomic mass is 32.2. The number of rotatable bonds is 6. The average Bonchev–Trinajstić information content (AvgIpc) is 2.41. The first-order valence-corrected chi connectivity index (χ1v) is 8.98. The Labute approximate surface area is 125 Å². The van der Waals surface area contributed by atoms with Gasteiger partial charge in [0.2, 0.25) is 0 Å². The van der Waals surface area contributed by atoms with Gasteiger partial charge in [0.15, 0.2) is 0 Å². The molecule has 0 saturated carbocycles. The van der Waals surface area contributed by atoms with Crippen LogP contribution in [0.25, 0.3) is 0 Å². The molecule has 0 unspecified atom stereocenters. The van der Waals surface area contributed by atoms with E-state index in [1.165, 1.54) is 11.1 Å². The molecule has 0 radical (unpaired) electrons. The van der Waals surface area contributed by atoms with Crippen LogP contribution in [0, 0.1) is 5.92 Å². The lowest BCUT2D eigenvalue weighted by Gasteiger charge is -2.26. The summed E-state index contributed by atoms with van der Waals surface area (Å²) >= 11 is 0. The highest BCUT2D eigenvalue weighted by Crippen LogP contribution is 2.10. The van der Waals surface area contributed by atoms with E-state index in [0.29, 0.717) is 5.92 Å². The zero-order chi connectivity index (χ0) is 14.4. The summed E-state index contributed by atoms with van der Waals surface area (Å²) in [6, 6.07) is 8.81. The molecule has 0 aromatic heterocycles. The van der Waals surface area contributed by atoms with Gasteiger partial charge in [-0.2, -0.15) is 0 Å². The van der Waals surface area contributed by atoms with E-state index >= 15 is 0 Å². The van der Waals surface area contributed by atoms with Gasteiger partial charge in [0.25, 0.3) is 0 Å². The molecule has 4 heteroatoms. The topological polar surface area (TPSA) is 32.3 Å². The smallest absolute Gasteiger partial charge is 0.0363 e. The van der Waals surface area contributed by atoms with Crippen molar-refractivity contribution in [3.8, 4) is 0 Å². The van der Waals surface area contributed by atoms with E-state index in [-0.39, 0.29) is 0 Å². The second kappa shape index (κ2) is 7.91. The van der Waals surface area contributed by atoms with Crippen molar-refractivity contribution in [1.82, 2.24) is 10.2 Å². The second-order valence-corrected chi connectivity index (χ2v) is 7.67. The fraction of sp³-hybridized carbons (Fsp3) is 0.625. The third-order valence-corrected chi connectivity index (χ3v) is 4.83. The standard InChI is InChI=1S/C16H26N2OS/c1-14(2)11-17-12-15-4-3-5-16(10-15)13-18-6-8-20(19)9-7-18/h3-5,10,14,17H,6-9,11-13H2,1-2H3. The number of benzene rings is 1. The molecule has 1 aromatic carbocycles. The van der Waals surface area contributed by atoms with Gasteiger partial charge in [-0.05, 0) is 23.6 Å². The molecule has 0 bridgehead atoms. The Morgan fingerprint density at radius 1 is 1.25 bits per heavy atom. The molecular weight excluding hydrogens is 268 g/mol. The van der Waals surface area contributed by atoms with Gasteiger partial charge < -0.3 is 5.32 Å². The first kappa shape index (κ1) is 15.7. The van der Waals surface area contributed by atoms with Crippen molar-refractivity contribution in [3.63, 3.8) is 0 Å². The first-order valence-electron chi connectivity index (χ1n) is 7.49. The molecule has 0 atom stereocenters. The summed E-state index contributed by atoms with van der Waals surface area (Å²) in [7, 11) is -0.584. The highest BCUT2D eigenvalue weighted by Gasteiger charge is 2.15. The molecule has 1 heterocycles. The monoisotopic (exact) mass is 294 g/mol. The van der Waals surface area contributed by atoms with Gasteiger partial charge in [0, 0.05) is 48.5 Å². The molecule has 112 valence electrons. The van der Waals surface area contributed by atoms with Crippen LogP contribution >= 0.6 is 0 Å². The predicted octanol–water partition coefficient (Wildman–Crippen LogP) is 2.00. The van der Waals surface area contributed by atoms with Crippen LogP contribution in [-0.4, -0.2) is 40.2 Å². The Morgan fingerprint density at radius 3 is 2.65 bits per heavy atom. The molecule has 1 fully saturated rings. The molecule has 20 heavy (non-hydrogen) atoms. The minimum atomic E-state index is -0.584. The molecule has 2 rings (SSSR count). The van der Waals surface area contributed by atoms with Crippen LogP contribution in [0.5, 0.6) is 0 Å². The summed E-state index contributed by atoms with van der Waals surface area (Å²) < 4.78 is 11.4. The minimum absolute atomic E-state index is 0.584. The van der Waals surface area contributed by atoms with E-state index in [9.17, 15) is 4.21 Å². The van der Waals surface area contributed by atoms with Crippen molar-refractivity contribution in [2.24, 2.45) is 5.92 Å². The minimum Gasteiger partial charge on any atom is -0.312 e. The van der Waals surface area contributed by atoms with E-state index in [4.69, 9.17) is 0 Å². The van der Waals surface area contributed by atoms with Crippen LogP contribution in [0.2, 0.25) is 0 Å². The summed E-state index contributed by atoms with van der Waals surface area (Å²) in [5.74, 6) is 2.35. The van der Waals surface area contributed by atoms with Gasteiger partial charge in [0.05, 0.1) is 0 Å².